The number of aliphatic hydroxyl groups excluding tert-OH is 4. The molecule has 70 heavy (non-hydrogen) atoms. The number of carbonyl (C=O) groups excluding carboxylic acids is 2. The number of esters is 2. The van der Waals surface area contributed by atoms with Crippen LogP contribution in [0.2, 0.25) is 0 Å². The summed E-state index contributed by atoms with van der Waals surface area (Å²) in [5, 5.41) is 46.7. The van der Waals surface area contributed by atoms with E-state index in [-0.39, 0.29) is 17.3 Å². The van der Waals surface area contributed by atoms with Gasteiger partial charge in [-0.25, -0.2) is 18.7 Å². The second-order valence-corrected chi connectivity index (χ2v) is 19.6. The Kier molecular flexibility index (Phi) is 19.4. The molecule has 384 valence electrons. The van der Waals surface area contributed by atoms with Gasteiger partial charge in [0.2, 0.25) is 0 Å². The van der Waals surface area contributed by atoms with E-state index in [1.807, 2.05) is 4.98 Å². The van der Waals surface area contributed by atoms with Crippen LogP contribution in [0.4, 0.5) is 5.82 Å². The fourth-order valence-electron chi connectivity index (χ4n) is 6.45. The molecule has 2 unspecified atom stereocenters. The third kappa shape index (κ3) is 15.2. The van der Waals surface area contributed by atoms with Crippen LogP contribution in [-0.4, -0.2) is 126 Å². The van der Waals surface area contributed by atoms with Crippen molar-refractivity contribution in [1.82, 2.24) is 29.3 Å². The van der Waals surface area contributed by atoms with Gasteiger partial charge in [0, 0.05) is 18.5 Å². The van der Waals surface area contributed by atoms with Gasteiger partial charge < -0.3 is 54.2 Å². The Labute approximate surface area is 399 Å². The van der Waals surface area contributed by atoms with Gasteiger partial charge >= 0.3 is 38.8 Å². The number of aromatic nitrogens is 4. The van der Waals surface area contributed by atoms with Gasteiger partial charge in [0.25, 0.3) is 5.56 Å². The molecule has 2 aliphatic rings. The van der Waals surface area contributed by atoms with Crippen LogP contribution in [0.5, 0.6) is 11.5 Å². The van der Waals surface area contributed by atoms with Crippen LogP contribution in [0.15, 0.2) is 99.6 Å². The normalized spacial score (nSPS) is 24.6. The molecule has 4 aromatic rings. The molecule has 0 aliphatic carbocycles. The molecule has 9 N–H and O–H groups in total. The SMILES string of the molecule is CC(C)OC(=O)[C@H](C)NP(=O)(OC[C@H]1O[C@@H](n2ccc(=O)[nH]c2=O)[C@H](O)[C@@H]1O)Oc1ccccc1.CC(C)OC(=O)[C@H](C)NP(=O)(OC[C@H]1O[C@@H](n2ccc(N)nc2=O)[C@H](O)[C@@H]1O)Oc1ccccc1. The lowest BCUT2D eigenvalue weighted by molar-refractivity contribution is -0.150. The van der Waals surface area contributed by atoms with E-state index < -0.39 is 131 Å². The fraction of sp³-hybridized carbons (Fsp3) is 0.476. The Morgan fingerprint density at radius 3 is 1.49 bits per heavy atom. The zero-order valence-corrected chi connectivity index (χ0v) is 40.4. The Hall–Kier alpha value is -5.60. The molecule has 0 bridgehead atoms. The van der Waals surface area contributed by atoms with Gasteiger partial charge in [0.15, 0.2) is 12.5 Å². The second-order valence-electron chi connectivity index (χ2n) is 16.2. The van der Waals surface area contributed by atoms with Gasteiger partial charge in [-0.1, -0.05) is 36.4 Å². The molecule has 2 aliphatic heterocycles. The minimum atomic E-state index is -4.24. The predicted octanol–water partition coefficient (Wildman–Crippen LogP) is 0.867. The predicted molar refractivity (Wildman–Crippen MR) is 245 cm³/mol. The van der Waals surface area contributed by atoms with Crippen molar-refractivity contribution in [2.45, 2.75) is 115 Å². The molecule has 6 rings (SSSR count). The van der Waals surface area contributed by atoms with Gasteiger partial charge in [-0.05, 0) is 71.9 Å². The number of benzene rings is 2. The van der Waals surface area contributed by atoms with E-state index in [0.717, 1.165) is 21.4 Å². The van der Waals surface area contributed by atoms with Crippen molar-refractivity contribution in [2.75, 3.05) is 18.9 Å². The van der Waals surface area contributed by atoms with E-state index in [0.29, 0.717) is 0 Å². The number of H-pyrrole nitrogens is 1. The summed E-state index contributed by atoms with van der Waals surface area (Å²) in [7, 11) is -8.46. The van der Waals surface area contributed by atoms with E-state index in [1.54, 1.807) is 64.1 Å². The van der Waals surface area contributed by atoms with Crippen molar-refractivity contribution in [3.63, 3.8) is 0 Å². The molecule has 0 spiro atoms. The molecule has 4 heterocycles. The van der Waals surface area contributed by atoms with Crippen LogP contribution >= 0.6 is 15.5 Å². The zero-order chi connectivity index (χ0) is 51.5. The van der Waals surface area contributed by atoms with Crippen molar-refractivity contribution in [2.24, 2.45) is 0 Å². The second kappa shape index (κ2) is 24.5. The third-order valence-corrected chi connectivity index (χ3v) is 13.1. The average molecular weight is 1030 g/mol. The number of aromatic amines is 1. The molecule has 26 nitrogen and oxygen atoms in total. The summed E-state index contributed by atoms with van der Waals surface area (Å²) in [5.74, 6) is -1.01. The molecule has 2 saturated heterocycles. The van der Waals surface area contributed by atoms with Gasteiger partial charge in [0.1, 0.15) is 66.0 Å². The summed E-state index contributed by atoms with van der Waals surface area (Å²) >= 11 is 0. The minimum Gasteiger partial charge on any atom is -0.462 e. The fourth-order valence-corrected chi connectivity index (χ4v) is 9.46. The van der Waals surface area contributed by atoms with Crippen LogP contribution in [-0.2, 0) is 46.7 Å². The number of nitrogens with two attached hydrogens (primary N) is 1. The maximum absolute atomic E-state index is 13.5. The molecule has 28 heteroatoms. The van der Waals surface area contributed by atoms with Crippen molar-refractivity contribution < 1.29 is 76.2 Å². The summed E-state index contributed by atoms with van der Waals surface area (Å²) in [6.07, 6.45) is -9.61. The maximum Gasteiger partial charge on any atom is 0.459 e. The molecule has 2 fully saturated rings. The number of hydrogen-bond donors (Lipinski definition) is 8. The third-order valence-electron chi connectivity index (χ3n) is 9.79. The number of hydrogen-bond acceptors (Lipinski definition) is 21. The lowest BCUT2D eigenvalue weighted by atomic mass is 10.1. The molecule has 0 saturated carbocycles. The Morgan fingerprint density at radius 1 is 0.671 bits per heavy atom. The zero-order valence-electron chi connectivity index (χ0n) is 38.7. The number of anilines is 1. The number of rotatable bonds is 20. The summed E-state index contributed by atoms with van der Waals surface area (Å²) in [6.45, 7) is 8.44. The van der Waals surface area contributed by atoms with Crippen LogP contribution in [0, 0.1) is 0 Å². The highest BCUT2D eigenvalue weighted by molar-refractivity contribution is 7.52. The topological polar surface area (TPSA) is 363 Å². The van der Waals surface area contributed by atoms with E-state index in [2.05, 4.69) is 15.2 Å². The molecule has 2 aromatic carbocycles. The highest BCUT2D eigenvalue weighted by atomic mass is 31.2. The number of para-hydroxylation sites is 2. The van der Waals surface area contributed by atoms with E-state index in [9.17, 15) is 53.5 Å². The highest BCUT2D eigenvalue weighted by Gasteiger charge is 2.47. The number of nitrogens with zero attached hydrogens (tertiary/aromatic N) is 3. The van der Waals surface area contributed by atoms with Crippen molar-refractivity contribution in [1.29, 1.82) is 0 Å². The lowest BCUT2D eigenvalue weighted by Gasteiger charge is -2.25. The lowest BCUT2D eigenvalue weighted by Crippen LogP contribution is -2.38. The molecule has 0 amide bonds. The number of ether oxygens (including phenoxy) is 4. The molecule has 0 radical (unpaired) electrons. The summed E-state index contributed by atoms with van der Waals surface area (Å²) in [6, 6.07) is 16.4. The molecule has 12 atom stereocenters. The maximum atomic E-state index is 13.5. The first-order chi connectivity index (χ1) is 33.0. The number of nitrogen functional groups attached to an aromatic ring is 1. The molecule has 2 aromatic heterocycles. The summed E-state index contributed by atoms with van der Waals surface area (Å²) in [5.41, 5.74) is 3.19. The van der Waals surface area contributed by atoms with Crippen molar-refractivity contribution in [3.05, 3.63) is 117 Å². The van der Waals surface area contributed by atoms with E-state index >= 15 is 0 Å². The molecular weight excluding hydrogens is 968 g/mol. The standard InChI is InChI=1S/C21H29N4O9P.C21H28N3O10P/c1-12(2)32-20(28)13(3)24-35(30,34-14-7-5-4-6-8-14)31-11-15-17(26)18(27)19(33-15)25-10-9-16(22)23-21(25)29;1-12(2)32-20(28)13(3)23-35(30,34-14-7-5-4-6-8-14)31-11-15-17(26)18(27)19(33-15)24-10-9-16(25)22-21(24)29/h4-10,12-13,15,17-19,26-27H,11H2,1-3H3,(H,24,30)(H2,22,23,29);4-10,12-13,15,17-19,26-27H,11H2,1-3H3,(H,23,30)(H,22,25,29)/t2*13-,15+,17+,18+,19+,35?/m00/s1. The van der Waals surface area contributed by atoms with Crippen LogP contribution in [0.25, 0.3) is 0 Å². The first-order valence-corrected chi connectivity index (χ1v) is 24.7. The first-order valence-electron chi connectivity index (χ1n) is 21.6. The quantitative estimate of drug-likeness (QED) is 0.0450. The Bertz CT molecular complexity index is 2640. The van der Waals surface area contributed by atoms with Gasteiger partial charge in [0.05, 0.1) is 25.4 Å². The van der Waals surface area contributed by atoms with Gasteiger partial charge in [-0.3, -0.25) is 37.5 Å². The van der Waals surface area contributed by atoms with Crippen LogP contribution in [0.1, 0.15) is 54.0 Å². The number of aliphatic hydroxyl groups is 4. The van der Waals surface area contributed by atoms with Gasteiger partial charge in [-0.2, -0.15) is 15.2 Å². The number of carbonyl (C=O) groups is 2. The first kappa shape index (κ1) is 55.3. The average Bonchev–Trinajstić information content (AvgIpc) is 3.73. The van der Waals surface area contributed by atoms with Crippen molar-refractivity contribution in [3.8, 4) is 11.5 Å². The monoisotopic (exact) mass is 1030 g/mol. The van der Waals surface area contributed by atoms with Crippen LogP contribution < -0.4 is 41.9 Å². The summed E-state index contributed by atoms with van der Waals surface area (Å²) < 4.78 is 72.3. The van der Waals surface area contributed by atoms with Crippen LogP contribution in [0.3, 0.4) is 0 Å². The molecular formula is C42H57N7O19P2. The smallest absolute Gasteiger partial charge is 0.459 e. The van der Waals surface area contributed by atoms with Crippen molar-refractivity contribution >= 4 is 33.2 Å². The highest BCUT2D eigenvalue weighted by Crippen LogP contribution is 2.47. The Morgan fingerprint density at radius 2 is 1.09 bits per heavy atom. The minimum absolute atomic E-state index is 0.0191. The largest absolute Gasteiger partial charge is 0.462 e. The van der Waals surface area contributed by atoms with Gasteiger partial charge in [-0.15, -0.1) is 0 Å². The van der Waals surface area contributed by atoms with E-state index in [4.69, 9.17) is 42.8 Å². The Balaban J connectivity index is 0.000000261. The number of nitrogens with one attached hydrogen (secondary N) is 3. The van der Waals surface area contributed by atoms with E-state index in [1.165, 1.54) is 50.4 Å². The summed E-state index contributed by atoms with van der Waals surface area (Å²) in [4.78, 5) is 65.5.